The molecule has 1 aliphatic carbocycles. The van der Waals surface area contributed by atoms with E-state index in [1.54, 1.807) is 0 Å². The van der Waals surface area contributed by atoms with Crippen LogP contribution in [0, 0.1) is 5.41 Å². The highest BCUT2D eigenvalue weighted by atomic mass is 16.4. The van der Waals surface area contributed by atoms with Crippen LogP contribution in [0.1, 0.15) is 33.1 Å². The zero-order valence-corrected chi connectivity index (χ0v) is 10.5. The molecule has 1 heterocycles. The zero-order valence-electron chi connectivity index (χ0n) is 10.5. The van der Waals surface area contributed by atoms with E-state index >= 15 is 0 Å². The Morgan fingerprint density at radius 3 is 2.47 bits per heavy atom. The number of nitrogens with zero attached hydrogens (tertiary/aromatic N) is 2. The van der Waals surface area contributed by atoms with Gasteiger partial charge in [-0.15, -0.1) is 0 Å². The van der Waals surface area contributed by atoms with E-state index in [1.165, 1.54) is 11.3 Å². The minimum atomic E-state index is -0.998. The molecular formula is C12H20N2O3. The predicted octanol–water partition coefficient (Wildman–Crippen LogP) is 1.39. The molecule has 2 aliphatic rings. The minimum absolute atomic E-state index is 0.00919. The van der Waals surface area contributed by atoms with Crippen LogP contribution in [0.3, 0.4) is 0 Å². The molecule has 1 N–H and O–H groups in total. The van der Waals surface area contributed by atoms with Crippen LogP contribution in [0.5, 0.6) is 0 Å². The van der Waals surface area contributed by atoms with E-state index in [-0.39, 0.29) is 17.9 Å². The summed E-state index contributed by atoms with van der Waals surface area (Å²) in [7, 11) is 0. The van der Waals surface area contributed by atoms with E-state index in [2.05, 4.69) is 0 Å². The number of rotatable bonds is 1. The molecule has 5 heteroatoms. The van der Waals surface area contributed by atoms with E-state index in [0.29, 0.717) is 19.1 Å². The molecule has 1 aliphatic heterocycles. The maximum Gasteiger partial charge on any atom is 0.407 e. The fourth-order valence-corrected chi connectivity index (χ4v) is 2.59. The van der Waals surface area contributed by atoms with Gasteiger partial charge in [-0.25, -0.2) is 4.79 Å². The first-order valence-corrected chi connectivity index (χ1v) is 6.16. The summed E-state index contributed by atoms with van der Waals surface area (Å²) >= 11 is 0. The van der Waals surface area contributed by atoms with E-state index in [1.807, 2.05) is 18.7 Å². The van der Waals surface area contributed by atoms with Crippen molar-refractivity contribution in [1.82, 2.24) is 9.80 Å². The Hall–Kier alpha value is -1.26. The Balaban J connectivity index is 2.15. The van der Waals surface area contributed by atoms with Gasteiger partial charge in [-0.05, 0) is 19.3 Å². The lowest BCUT2D eigenvalue weighted by Crippen LogP contribution is -2.48. The molecule has 17 heavy (non-hydrogen) atoms. The first kappa shape index (κ1) is 12.2. The van der Waals surface area contributed by atoms with Crippen LogP contribution in [0.4, 0.5) is 4.79 Å². The standard InChI is InChI=1S/C12H20N2O3/c1-12(2)7-13(11(16)17)6-10(15)14(8-12)9-4-3-5-9/h9H,3-8H2,1-2H3,(H,16,17). The van der Waals surface area contributed by atoms with Gasteiger partial charge in [-0.3, -0.25) is 9.69 Å². The molecule has 96 valence electrons. The summed E-state index contributed by atoms with van der Waals surface area (Å²) in [6.07, 6.45) is 2.31. The molecule has 1 saturated heterocycles. The Labute approximate surface area is 101 Å². The maximum absolute atomic E-state index is 12.1. The Morgan fingerprint density at radius 2 is 2.00 bits per heavy atom. The number of amides is 2. The highest BCUT2D eigenvalue weighted by Crippen LogP contribution is 2.30. The number of hydrogen-bond acceptors (Lipinski definition) is 2. The number of carbonyl (C=O) groups is 2. The molecule has 0 spiro atoms. The Kier molecular flexibility index (Phi) is 3.02. The van der Waals surface area contributed by atoms with Gasteiger partial charge >= 0.3 is 6.09 Å². The van der Waals surface area contributed by atoms with Gasteiger partial charge in [0, 0.05) is 24.5 Å². The largest absolute Gasteiger partial charge is 0.465 e. The first-order chi connectivity index (χ1) is 7.89. The molecule has 0 atom stereocenters. The van der Waals surface area contributed by atoms with E-state index in [0.717, 1.165) is 12.8 Å². The number of carbonyl (C=O) groups excluding carboxylic acids is 1. The van der Waals surface area contributed by atoms with Crippen molar-refractivity contribution >= 4 is 12.0 Å². The van der Waals surface area contributed by atoms with Crippen molar-refractivity contribution in [3.05, 3.63) is 0 Å². The van der Waals surface area contributed by atoms with Crippen molar-refractivity contribution < 1.29 is 14.7 Å². The summed E-state index contributed by atoms with van der Waals surface area (Å²) in [5.41, 5.74) is -0.167. The van der Waals surface area contributed by atoms with Crippen LogP contribution in [0.25, 0.3) is 0 Å². The highest BCUT2D eigenvalue weighted by Gasteiger charge is 2.38. The SMILES string of the molecule is CC1(C)CN(C(=O)O)CC(=O)N(C2CCC2)C1. The lowest BCUT2D eigenvalue weighted by molar-refractivity contribution is -0.135. The molecular weight excluding hydrogens is 220 g/mol. The molecule has 0 bridgehead atoms. The lowest BCUT2D eigenvalue weighted by Gasteiger charge is -2.39. The van der Waals surface area contributed by atoms with Gasteiger partial charge in [0.25, 0.3) is 0 Å². The summed E-state index contributed by atoms with van der Waals surface area (Å²) in [5, 5.41) is 9.06. The number of carboxylic acid groups (broad SMARTS) is 1. The van der Waals surface area contributed by atoms with Crippen molar-refractivity contribution in [3.63, 3.8) is 0 Å². The average Bonchev–Trinajstić information content (AvgIpc) is 2.21. The molecule has 2 amide bonds. The van der Waals surface area contributed by atoms with Gasteiger partial charge in [0.2, 0.25) is 5.91 Å². The molecule has 5 nitrogen and oxygen atoms in total. The van der Waals surface area contributed by atoms with Crippen LogP contribution in [0.15, 0.2) is 0 Å². The van der Waals surface area contributed by atoms with Gasteiger partial charge in [0.05, 0.1) is 0 Å². The quantitative estimate of drug-likeness (QED) is 0.753. The first-order valence-electron chi connectivity index (χ1n) is 6.16. The van der Waals surface area contributed by atoms with E-state index in [9.17, 15) is 9.59 Å². The summed E-state index contributed by atoms with van der Waals surface area (Å²) < 4.78 is 0. The third kappa shape index (κ3) is 2.53. The van der Waals surface area contributed by atoms with E-state index in [4.69, 9.17) is 5.11 Å². The average molecular weight is 240 g/mol. The Bertz CT molecular complexity index is 337. The van der Waals surface area contributed by atoms with Crippen LogP contribution >= 0.6 is 0 Å². The van der Waals surface area contributed by atoms with Gasteiger partial charge < -0.3 is 10.0 Å². The van der Waals surface area contributed by atoms with Crippen LogP contribution < -0.4 is 0 Å². The molecule has 0 aromatic heterocycles. The second-order valence-corrected chi connectivity index (χ2v) is 5.91. The Morgan fingerprint density at radius 1 is 1.35 bits per heavy atom. The topological polar surface area (TPSA) is 60.9 Å². The van der Waals surface area contributed by atoms with Gasteiger partial charge in [-0.2, -0.15) is 0 Å². The highest BCUT2D eigenvalue weighted by molar-refractivity contribution is 5.82. The molecule has 2 rings (SSSR count). The third-order valence-corrected chi connectivity index (χ3v) is 3.65. The summed E-state index contributed by atoms with van der Waals surface area (Å²) in [5.74, 6) is -0.0392. The molecule has 0 aromatic rings. The van der Waals surface area contributed by atoms with E-state index < -0.39 is 6.09 Å². The monoisotopic (exact) mass is 240 g/mol. The number of hydrogen-bond donors (Lipinski definition) is 1. The molecule has 2 fully saturated rings. The van der Waals surface area contributed by atoms with Crippen molar-refractivity contribution in [3.8, 4) is 0 Å². The molecule has 0 radical (unpaired) electrons. The maximum atomic E-state index is 12.1. The smallest absolute Gasteiger partial charge is 0.407 e. The lowest BCUT2D eigenvalue weighted by atomic mass is 9.87. The summed E-state index contributed by atoms with van der Waals surface area (Å²) in [6, 6.07) is 0.343. The summed E-state index contributed by atoms with van der Waals surface area (Å²) in [6.45, 7) is 5.15. The molecule has 0 aromatic carbocycles. The van der Waals surface area contributed by atoms with Crippen LogP contribution in [-0.4, -0.2) is 52.6 Å². The minimum Gasteiger partial charge on any atom is -0.465 e. The van der Waals surface area contributed by atoms with Crippen molar-refractivity contribution in [1.29, 1.82) is 0 Å². The zero-order chi connectivity index (χ0) is 12.6. The van der Waals surface area contributed by atoms with Crippen molar-refractivity contribution in [2.75, 3.05) is 19.6 Å². The van der Waals surface area contributed by atoms with Crippen molar-refractivity contribution in [2.45, 2.75) is 39.2 Å². The fraction of sp³-hybridized carbons (Fsp3) is 0.833. The second-order valence-electron chi connectivity index (χ2n) is 5.91. The van der Waals surface area contributed by atoms with Gasteiger partial charge in [0.1, 0.15) is 6.54 Å². The normalized spacial score (nSPS) is 25.4. The van der Waals surface area contributed by atoms with Gasteiger partial charge in [-0.1, -0.05) is 13.8 Å². The van der Waals surface area contributed by atoms with Gasteiger partial charge in [0.15, 0.2) is 0 Å². The fourth-order valence-electron chi connectivity index (χ4n) is 2.59. The van der Waals surface area contributed by atoms with Crippen molar-refractivity contribution in [2.24, 2.45) is 5.41 Å². The second kappa shape index (κ2) is 4.20. The molecule has 1 saturated carbocycles. The predicted molar refractivity (Wildman–Crippen MR) is 62.7 cm³/mol. The van der Waals surface area contributed by atoms with Crippen LogP contribution in [0.2, 0.25) is 0 Å². The summed E-state index contributed by atoms with van der Waals surface area (Å²) in [4.78, 5) is 26.3. The van der Waals surface area contributed by atoms with Crippen LogP contribution in [-0.2, 0) is 4.79 Å². The third-order valence-electron chi connectivity index (χ3n) is 3.65. The molecule has 0 unspecified atom stereocenters.